The highest BCUT2D eigenvalue weighted by atomic mass is 32.1. The molecule has 17 nitrogen and oxygen atoms in total. The van der Waals surface area contributed by atoms with Crippen molar-refractivity contribution in [2.45, 2.75) is 38.3 Å². The Bertz CT molecular complexity index is 2550. The number of nitrogens with zero attached hydrogens (tertiary/aromatic N) is 10. The summed E-state index contributed by atoms with van der Waals surface area (Å²) in [6.07, 6.45) is 4.96. The van der Waals surface area contributed by atoms with Gasteiger partial charge in [0.1, 0.15) is 6.04 Å². The largest absolute Gasteiger partial charge is 0.387 e. The van der Waals surface area contributed by atoms with Crippen molar-refractivity contribution in [1.82, 2.24) is 44.8 Å². The molecular formula is C40H38N12O5S. The lowest BCUT2D eigenvalue weighted by Gasteiger charge is -2.38. The number of nitrogens with one attached hydrogen (secondary N) is 2. The van der Waals surface area contributed by atoms with E-state index in [-0.39, 0.29) is 35.8 Å². The molecule has 3 fully saturated rings. The third-order valence-electron chi connectivity index (χ3n) is 11.4. The highest BCUT2D eigenvalue weighted by Gasteiger charge is 2.44. The molecule has 1 unspecified atom stereocenters. The first-order chi connectivity index (χ1) is 28.2. The number of carbonyl (C=O) groups excluding carboxylic acids is 5. The van der Waals surface area contributed by atoms with Gasteiger partial charge < -0.3 is 15.1 Å². The van der Waals surface area contributed by atoms with E-state index >= 15 is 0 Å². The highest BCUT2D eigenvalue weighted by molar-refractivity contribution is 7.18. The quantitative estimate of drug-likeness (QED) is 0.173. The second-order valence-corrected chi connectivity index (χ2v) is 15.8. The third kappa shape index (κ3) is 6.71. The monoisotopic (exact) mass is 798 g/mol. The predicted molar refractivity (Wildman–Crippen MR) is 213 cm³/mol. The fourth-order valence-electron chi connectivity index (χ4n) is 8.25. The summed E-state index contributed by atoms with van der Waals surface area (Å²) in [5.41, 5.74) is 5.91. The number of carbonyl (C=O) groups is 5. The summed E-state index contributed by atoms with van der Waals surface area (Å²) in [7, 11) is 1.85. The molecule has 18 heteroatoms. The van der Waals surface area contributed by atoms with Crippen molar-refractivity contribution in [3.05, 3.63) is 83.0 Å². The SMILES string of the molecule is [C-]#[N+]c1cnn2c(-c3cc(NC)c(-c4nnc(N5CCC(C(=O)N6CCN(Cc7ccc8c(c7)C(=O)N(C7CCC(=O)NC7=O)C8=O)CC6)CC5)s4)cn3)ccc2c1. The summed E-state index contributed by atoms with van der Waals surface area (Å²) in [6, 6.07) is 11.8. The zero-order valence-corrected chi connectivity index (χ0v) is 32.4. The second kappa shape index (κ2) is 15.1. The molecule has 1 atom stereocenters. The topological polar surface area (TPSA) is 183 Å². The van der Waals surface area contributed by atoms with Gasteiger partial charge in [0.15, 0.2) is 5.01 Å². The predicted octanol–water partition coefficient (Wildman–Crippen LogP) is 3.47. The van der Waals surface area contributed by atoms with E-state index in [0.29, 0.717) is 51.5 Å². The number of fused-ring (bicyclic) bond motifs is 2. The Labute approximate surface area is 336 Å². The lowest BCUT2D eigenvalue weighted by Crippen LogP contribution is -2.54. The number of rotatable bonds is 8. The van der Waals surface area contributed by atoms with E-state index < -0.39 is 29.7 Å². The summed E-state index contributed by atoms with van der Waals surface area (Å²) in [6.45, 7) is 11.8. The number of pyridine rings is 1. The van der Waals surface area contributed by atoms with Gasteiger partial charge in [-0.25, -0.2) is 9.36 Å². The first kappa shape index (κ1) is 37.0. The van der Waals surface area contributed by atoms with E-state index in [1.54, 1.807) is 35.1 Å². The van der Waals surface area contributed by atoms with Crippen LogP contribution in [-0.2, 0) is 20.9 Å². The van der Waals surface area contributed by atoms with Crippen molar-refractivity contribution in [3.63, 3.8) is 0 Å². The van der Waals surface area contributed by atoms with Gasteiger partial charge in [-0.2, -0.15) is 5.10 Å². The molecule has 4 aliphatic rings. The Balaban J connectivity index is 0.775. The standard InChI is InChI=1S/C40H38N12O5S/c1-41-25-18-26-4-6-32(52(26)44-20-25)31-19-30(42-2)29(21-43-31)36-46-47-40(58-36)50-11-9-24(10-12-50)37(55)49-15-13-48(14-16-49)22-23-3-5-27-28(17-23)39(57)51(38(27)56)33-7-8-34(53)45-35(33)54/h3-6,17-21,24,33H,7-16,22H2,2H3,(H,42,43)(H,45,53,54). The minimum absolute atomic E-state index is 0.0667. The Morgan fingerprint density at radius 3 is 2.47 bits per heavy atom. The molecule has 1 aromatic carbocycles. The molecule has 0 spiro atoms. The van der Waals surface area contributed by atoms with E-state index in [9.17, 15) is 24.0 Å². The first-order valence-corrected chi connectivity index (χ1v) is 20.0. The van der Waals surface area contributed by atoms with Gasteiger partial charge in [-0.05, 0) is 61.2 Å². The van der Waals surface area contributed by atoms with Gasteiger partial charge in [-0.1, -0.05) is 17.4 Å². The number of anilines is 2. The molecule has 8 heterocycles. The van der Waals surface area contributed by atoms with Gasteiger partial charge in [0.05, 0.1) is 46.4 Å². The smallest absolute Gasteiger partial charge is 0.262 e. The minimum Gasteiger partial charge on any atom is -0.387 e. The fraction of sp³-hybridized carbons (Fsp3) is 0.350. The molecule has 0 bridgehead atoms. The van der Waals surface area contributed by atoms with E-state index in [1.807, 2.05) is 36.2 Å². The van der Waals surface area contributed by atoms with Crippen LogP contribution in [0.5, 0.6) is 0 Å². The molecular weight excluding hydrogens is 761 g/mol. The molecule has 0 radical (unpaired) electrons. The Morgan fingerprint density at radius 2 is 1.71 bits per heavy atom. The van der Waals surface area contributed by atoms with E-state index in [1.165, 1.54) is 11.3 Å². The van der Waals surface area contributed by atoms with Gasteiger partial charge in [-0.15, -0.1) is 10.2 Å². The van der Waals surface area contributed by atoms with Crippen molar-refractivity contribution < 1.29 is 24.0 Å². The van der Waals surface area contributed by atoms with Crippen molar-refractivity contribution in [1.29, 1.82) is 0 Å². The minimum atomic E-state index is -0.998. The van der Waals surface area contributed by atoms with Gasteiger partial charge in [0, 0.05) is 77.1 Å². The number of hydrogen-bond acceptors (Lipinski definition) is 13. The summed E-state index contributed by atoms with van der Waals surface area (Å²) >= 11 is 1.50. The maximum atomic E-state index is 13.6. The summed E-state index contributed by atoms with van der Waals surface area (Å²) in [5, 5.41) is 20.5. The Kier molecular flexibility index (Phi) is 9.61. The summed E-state index contributed by atoms with van der Waals surface area (Å²) in [4.78, 5) is 79.6. The molecule has 294 valence electrons. The lowest BCUT2D eigenvalue weighted by atomic mass is 9.95. The number of piperazine rings is 1. The van der Waals surface area contributed by atoms with Crippen LogP contribution in [-0.4, -0.2) is 121 Å². The Hall–Kier alpha value is -6.58. The molecule has 3 saturated heterocycles. The summed E-state index contributed by atoms with van der Waals surface area (Å²) in [5.74, 6) is -1.97. The number of aromatic nitrogens is 5. The first-order valence-electron chi connectivity index (χ1n) is 19.2. The van der Waals surface area contributed by atoms with Crippen LogP contribution in [0.4, 0.5) is 16.5 Å². The molecule has 5 aromatic rings. The Morgan fingerprint density at radius 1 is 0.914 bits per heavy atom. The van der Waals surface area contributed by atoms with Gasteiger partial charge in [0.2, 0.25) is 28.5 Å². The van der Waals surface area contributed by atoms with Crippen molar-refractivity contribution in [2.24, 2.45) is 5.92 Å². The molecule has 4 aromatic heterocycles. The van der Waals surface area contributed by atoms with Crippen molar-refractivity contribution in [3.8, 4) is 22.0 Å². The lowest BCUT2D eigenvalue weighted by molar-refractivity contribution is -0.138. The maximum absolute atomic E-state index is 13.6. The molecule has 5 amide bonds. The molecule has 9 rings (SSSR count). The van der Waals surface area contributed by atoms with Gasteiger partial charge in [0.25, 0.3) is 11.8 Å². The van der Waals surface area contributed by atoms with Crippen LogP contribution in [0, 0.1) is 12.5 Å². The average molecular weight is 799 g/mol. The molecule has 58 heavy (non-hydrogen) atoms. The van der Waals surface area contributed by atoms with E-state index in [0.717, 1.165) is 61.6 Å². The third-order valence-corrected chi connectivity index (χ3v) is 12.4. The number of imide groups is 2. The van der Waals surface area contributed by atoms with Crippen LogP contribution in [0.1, 0.15) is 52.0 Å². The fourth-order valence-corrected chi connectivity index (χ4v) is 9.17. The van der Waals surface area contributed by atoms with E-state index in [2.05, 4.69) is 40.6 Å². The number of amides is 5. The van der Waals surface area contributed by atoms with Crippen molar-refractivity contribution in [2.75, 3.05) is 56.5 Å². The van der Waals surface area contributed by atoms with Crippen LogP contribution in [0.25, 0.3) is 32.3 Å². The maximum Gasteiger partial charge on any atom is 0.262 e. The van der Waals surface area contributed by atoms with Crippen LogP contribution in [0.2, 0.25) is 0 Å². The zero-order valence-electron chi connectivity index (χ0n) is 31.6. The average Bonchev–Trinajstić information content (AvgIpc) is 3.97. The van der Waals surface area contributed by atoms with Gasteiger partial charge >= 0.3 is 0 Å². The van der Waals surface area contributed by atoms with Crippen LogP contribution in [0.3, 0.4) is 0 Å². The summed E-state index contributed by atoms with van der Waals surface area (Å²) < 4.78 is 1.77. The molecule has 4 aliphatic heterocycles. The molecule has 2 N–H and O–H groups in total. The van der Waals surface area contributed by atoms with Crippen LogP contribution in [0.15, 0.2) is 54.9 Å². The number of benzene rings is 1. The zero-order chi connectivity index (χ0) is 40.1. The molecule has 0 aliphatic carbocycles. The van der Waals surface area contributed by atoms with Crippen LogP contribution >= 0.6 is 11.3 Å². The molecule has 0 saturated carbocycles. The van der Waals surface area contributed by atoms with Crippen LogP contribution < -0.4 is 15.5 Å². The number of piperidine rings is 2. The van der Waals surface area contributed by atoms with E-state index in [4.69, 9.17) is 11.6 Å². The highest BCUT2D eigenvalue weighted by Crippen LogP contribution is 2.37. The van der Waals surface area contributed by atoms with Gasteiger partial charge in [-0.3, -0.25) is 44.1 Å². The normalized spacial score (nSPS) is 19.1. The number of hydrogen-bond donors (Lipinski definition) is 2. The van der Waals surface area contributed by atoms with Crippen molar-refractivity contribution >= 4 is 62.9 Å². The second-order valence-electron chi connectivity index (χ2n) is 14.8.